The van der Waals surface area contributed by atoms with Gasteiger partial charge in [-0.05, 0) is 11.6 Å². The van der Waals surface area contributed by atoms with Crippen LogP contribution in [0, 0.1) is 0 Å². The molecular formula is C15H14N2O4S. The van der Waals surface area contributed by atoms with E-state index in [9.17, 15) is 14.7 Å². The summed E-state index contributed by atoms with van der Waals surface area (Å²) in [5.41, 5.74) is -0.508. The van der Waals surface area contributed by atoms with Crippen LogP contribution in [0.4, 0.5) is 0 Å². The van der Waals surface area contributed by atoms with E-state index < -0.39 is 23.0 Å². The number of fused-ring (bicyclic) bond motifs is 1. The molecule has 1 amide bonds. The maximum absolute atomic E-state index is 12.5. The number of carboxylic acids is 1. The van der Waals surface area contributed by atoms with Gasteiger partial charge >= 0.3 is 5.97 Å². The van der Waals surface area contributed by atoms with E-state index in [1.165, 1.54) is 29.8 Å². The summed E-state index contributed by atoms with van der Waals surface area (Å²) in [5.74, 6) is -1.06. The Balaban J connectivity index is 1.90. The van der Waals surface area contributed by atoms with Gasteiger partial charge in [0.2, 0.25) is 0 Å². The Morgan fingerprint density at radius 1 is 1.50 bits per heavy atom. The summed E-state index contributed by atoms with van der Waals surface area (Å²) in [6.45, 7) is 0. The summed E-state index contributed by atoms with van der Waals surface area (Å²) in [4.78, 5) is 29.2. The fourth-order valence-electron chi connectivity index (χ4n) is 2.49. The highest BCUT2D eigenvalue weighted by Crippen LogP contribution is 2.46. The molecule has 0 aromatic heterocycles. The average molecular weight is 318 g/mol. The SMILES string of the molecule is CO[C@@]1(/N=C/c2ccccc2)C(=O)N2C(C(=O)O)=CCS[C@@H]21. The number of rotatable bonds is 4. The van der Waals surface area contributed by atoms with Crippen molar-refractivity contribution in [2.24, 2.45) is 4.99 Å². The molecule has 0 saturated carbocycles. The molecule has 2 aliphatic rings. The Labute approximate surface area is 131 Å². The number of nitrogens with zero attached hydrogens (tertiary/aromatic N) is 2. The molecule has 0 unspecified atom stereocenters. The Kier molecular flexibility index (Phi) is 3.76. The normalized spacial score (nSPS) is 27.3. The van der Waals surface area contributed by atoms with Crippen LogP contribution < -0.4 is 0 Å². The Bertz CT molecular complexity index is 673. The molecule has 1 saturated heterocycles. The molecule has 3 rings (SSSR count). The topological polar surface area (TPSA) is 79.2 Å². The third-order valence-electron chi connectivity index (χ3n) is 3.62. The van der Waals surface area contributed by atoms with E-state index in [1.807, 2.05) is 30.3 Å². The fraction of sp³-hybridized carbons (Fsp3) is 0.267. The van der Waals surface area contributed by atoms with Crippen LogP contribution in [-0.2, 0) is 14.3 Å². The highest BCUT2D eigenvalue weighted by atomic mass is 32.2. The molecule has 2 heterocycles. The highest BCUT2D eigenvalue weighted by molar-refractivity contribution is 8.00. The number of β-lactam (4-membered cyclic amide) rings is 1. The second-order valence-electron chi connectivity index (χ2n) is 4.82. The van der Waals surface area contributed by atoms with Crippen LogP contribution in [0.25, 0.3) is 0 Å². The van der Waals surface area contributed by atoms with Gasteiger partial charge in [0, 0.05) is 19.1 Å². The van der Waals surface area contributed by atoms with Gasteiger partial charge in [-0.2, -0.15) is 0 Å². The number of hydrogen-bond acceptors (Lipinski definition) is 5. The third-order valence-corrected chi connectivity index (χ3v) is 4.83. The lowest BCUT2D eigenvalue weighted by Crippen LogP contribution is -2.73. The highest BCUT2D eigenvalue weighted by Gasteiger charge is 2.65. The van der Waals surface area contributed by atoms with Crippen LogP contribution in [0.5, 0.6) is 0 Å². The summed E-state index contributed by atoms with van der Waals surface area (Å²) in [5, 5.41) is 8.72. The number of thioether (sulfide) groups is 1. The average Bonchev–Trinajstić information content (AvgIpc) is 2.55. The zero-order chi connectivity index (χ0) is 15.7. The minimum absolute atomic E-state index is 0.00339. The molecule has 114 valence electrons. The monoisotopic (exact) mass is 318 g/mol. The van der Waals surface area contributed by atoms with E-state index in [0.29, 0.717) is 5.75 Å². The van der Waals surface area contributed by atoms with E-state index >= 15 is 0 Å². The summed E-state index contributed by atoms with van der Waals surface area (Å²) < 4.78 is 5.38. The lowest BCUT2D eigenvalue weighted by Gasteiger charge is -2.52. The van der Waals surface area contributed by atoms with Crippen LogP contribution in [0.15, 0.2) is 47.1 Å². The molecule has 0 aliphatic carbocycles. The van der Waals surface area contributed by atoms with E-state index in [-0.39, 0.29) is 5.70 Å². The minimum atomic E-state index is -1.35. The van der Waals surface area contributed by atoms with Gasteiger partial charge in [-0.25, -0.2) is 9.79 Å². The number of amides is 1. The lowest BCUT2D eigenvalue weighted by atomic mass is 10.0. The van der Waals surface area contributed by atoms with Crippen molar-refractivity contribution < 1.29 is 19.4 Å². The van der Waals surface area contributed by atoms with Gasteiger partial charge < -0.3 is 9.84 Å². The number of carbonyl (C=O) groups is 2. The maximum Gasteiger partial charge on any atom is 0.352 e. The third kappa shape index (κ3) is 2.13. The Hall–Kier alpha value is -2.12. The summed E-state index contributed by atoms with van der Waals surface area (Å²) in [6.07, 6.45) is 3.11. The van der Waals surface area contributed by atoms with Crippen LogP contribution in [0.1, 0.15) is 5.56 Å². The number of methoxy groups -OCH3 is 1. The smallest absolute Gasteiger partial charge is 0.352 e. The molecule has 1 fully saturated rings. The van der Waals surface area contributed by atoms with E-state index in [4.69, 9.17) is 4.74 Å². The van der Waals surface area contributed by atoms with Gasteiger partial charge in [0.05, 0.1) is 0 Å². The number of carbonyl (C=O) groups excluding carboxylic acids is 1. The van der Waals surface area contributed by atoms with Crippen molar-refractivity contribution in [3.63, 3.8) is 0 Å². The molecule has 1 aromatic carbocycles. The van der Waals surface area contributed by atoms with Gasteiger partial charge in [0.15, 0.2) is 0 Å². The van der Waals surface area contributed by atoms with Crippen molar-refractivity contribution in [2.45, 2.75) is 11.1 Å². The molecule has 1 N–H and O–H groups in total. The first kappa shape index (κ1) is 14.8. The van der Waals surface area contributed by atoms with Gasteiger partial charge in [0.1, 0.15) is 11.1 Å². The minimum Gasteiger partial charge on any atom is -0.477 e. The quantitative estimate of drug-likeness (QED) is 0.669. The first-order chi connectivity index (χ1) is 10.6. The van der Waals surface area contributed by atoms with Crippen molar-refractivity contribution in [3.05, 3.63) is 47.7 Å². The molecule has 6 nitrogen and oxygen atoms in total. The van der Waals surface area contributed by atoms with Crippen LogP contribution >= 0.6 is 11.8 Å². The molecule has 0 spiro atoms. The Morgan fingerprint density at radius 3 is 2.86 bits per heavy atom. The van der Waals surface area contributed by atoms with Gasteiger partial charge in [-0.1, -0.05) is 30.3 Å². The Morgan fingerprint density at radius 2 is 2.23 bits per heavy atom. The molecule has 22 heavy (non-hydrogen) atoms. The van der Waals surface area contributed by atoms with Crippen molar-refractivity contribution in [1.82, 2.24) is 4.90 Å². The van der Waals surface area contributed by atoms with Crippen LogP contribution in [-0.4, -0.2) is 52.1 Å². The van der Waals surface area contributed by atoms with Gasteiger partial charge in [0.25, 0.3) is 11.6 Å². The number of aliphatic imine (C=N–C) groups is 1. The van der Waals surface area contributed by atoms with Crippen molar-refractivity contribution in [3.8, 4) is 0 Å². The zero-order valence-corrected chi connectivity index (χ0v) is 12.6. The number of ether oxygens (including phenoxy) is 1. The zero-order valence-electron chi connectivity index (χ0n) is 11.8. The standard InChI is InChI=1S/C15H14N2O4S/c1-21-15(16-9-10-5-3-2-4-6-10)13(20)17-11(12(18)19)7-8-22-14(15)17/h2-7,9,14H,8H2,1H3,(H,18,19)/b16-9+/t14-,15+/m1/s1. The molecule has 0 bridgehead atoms. The van der Waals surface area contributed by atoms with E-state index in [0.717, 1.165) is 5.56 Å². The second-order valence-corrected chi connectivity index (χ2v) is 5.94. The number of benzene rings is 1. The second kappa shape index (κ2) is 5.58. The first-order valence-corrected chi connectivity index (χ1v) is 7.69. The summed E-state index contributed by atoms with van der Waals surface area (Å²) in [6, 6.07) is 9.36. The molecular weight excluding hydrogens is 304 g/mol. The number of hydrogen-bond donors (Lipinski definition) is 1. The van der Waals surface area contributed by atoms with E-state index in [2.05, 4.69) is 4.99 Å². The van der Waals surface area contributed by atoms with Gasteiger partial charge in [-0.15, -0.1) is 11.8 Å². The molecule has 2 aliphatic heterocycles. The molecule has 1 aromatic rings. The fourth-order valence-corrected chi connectivity index (χ4v) is 3.77. The van der Waals surface area contributed by atoms with Crippen LogP contribution in [0.3, 0.4) is 0 Å². The lowest BCUT2D eigenvalue weighted by molar-refractivity contribution is -0.182. The largest absolute Gasteiger partial charge is 0.477 e. The van der Waals surface area contributed by atoms with E-state index in [1.54, 1.807) is 6.21 Å². The van der Waals surface area contributed by atoms with Crippen molar-refractivity contribution in [1.29, 1.82) is 0 Å². The van der Waals surface area contributed by atoms with Crippen LogP contribution in [0.2, 0.25) is 0 Å². The molecule has 2 atom stereocenters. The van der Waals surface area contributed by atoms with Crippen molar-refractivity contribution >= 4 is 29.9 Å². The summed E-state index contributed by atoms with van der Waals surface area (Å²) >= 11 is 1.43. The molecule has 7 heteroatoms. The first-order valence-electron chi connectivity index (χ1n) is 6.64. The van der Waals surface area contributed by atoms with Gasteiger partial charge in [-0.3, -0.25) is 9.69 Å². The number of carboxylic acid groups (broad SMARTS) is 1. The predicted molar refractivity (Wildman–Crippen MR) is 82.6 cm³/mol. The molecule has 0 radical (unpaired) electrons. The predicted octanol–water partition coefficient (Wildman–Crippen LogP) is 1.33. The maximum atomic E-state index is 12.5. The summed E-state index contributed by atoms with van der Waals surface area (Å²) in [7, 11) is 1.41. The van der Waals surface area contributed by atoms with Crippen molar-refractivity contribution in [2.75, 3.05) is 12.9 Å². The number of aliphatic carboxylic acids is 1.